The van der Waals surface area contributed by atoms with Gasteiger partial charge in [0.15, 0.2) is 5.96 Å². The van der Waals surface area contributed by atoms with E-state index >= 15 is 0 Å². The maximum Gasteiger partial charge on any atom is 0.303 e. The van der Waals surface area contributed by atoms with Crippen molar-refractivity contribution in [3.8, 4) is 0 Å². The van der Waals surface area contributed by atoms with Gasteiger partial charge in [-0.2, -0.15) is 0 Å². The number of aliphatic carboxylic acids is 1. The highest BCUT2D eigenvalue weighted by Crippen LogP contribution is 2.13. The van der Waals surface area contributed by atoms with E-state index in [1.165, 1.54) is 57.8 Å². The summed E-state index contributed by atoms with van der Waals surface area (Å²) in [5, 5.41) is 8.58. The molecule has 0 saturated carbocycles. The Balaban J connectivity index is 1.89. The van der Waals surface area contributed by atoms with Crippen LogP contribution in [0.3, 0.4) is 0 Å². The van der Waals surface area contributed by atoms with Crippen molar-refractivity contribution in [1.29, 1.82) is 0 Å². The summed E-state index contributed by atoms with van der Waals surface area (Å²) in [4.78, 5) is 16.8. The van der Waals surface area contributed by atoms with Crippen molar-refractivity contribution in [2.24, 2.45) is 10.7 Å². The predicted octanol–water partition coefficient (Wildman–Crippen LogP) is 5.59. The molecule has 0 saturated heterocycles. The molecule has 0 atom stereocenters. The fourth-order valence-electron chi connectivity index (χ4n) is 3.24. The van der Waals surface area contributed by atoms with Crippen LogP contribution in [0.25, 0.3) is 0 Å². The molecule has 0 bridgehead atoms. The number of unbranched alkanes of at least 4 members (excludes halogenated alkanes) is 11. The van der Waals surface area contributed by atoms with Gasteiger partial charge < -0.3 is 15.7 Å². The minimum atomic E-state index is -0.671. The zero-order valence-electron chi connectivity index (χ0n) is 17.6. The predicted molar refractivity (Wildman–Crippen MR) is 119 cm³/mol. The van der Waals surface area contributed by atoms with Gasteiger partial charge in [-0.1, -0.05) is 82.4 Å². The minimum absolute atomic E-state index is 0.321. The van der Waals surface area contributed by atoms with E-state index in [0.29, 0.717) is 12.4 Å². The average Bonchev–Trinajstić information content (AvgIpc) is 2.70. The Morgan fingerprint density at radius 2 is 1.32 bits per heavy atom. The molecule has 28 heavy (non-hydrogen) atoms. The molecule has 0 aliphatic heterocycles. The van der Waals surface area contributed by atoms with Crippen molar-refractivity contribution in [2.75, 3.05) is 18.5 Å². The van der Waals surface area contributed by atoms with Gasteiger partial charge in [-0.25, -0.2) is 0 Å². The average molecular weight is 390 g/mol. The second kappa shape index (κ2) is 16.0. The van der Waals surface area contributed by atoms with E-state index in [2.05, 4.69) is 4.99 Å². The number of benzene rings is 1. The first-order valence-corrected chi connectivity index (χ1v) is 10.9. The van der Waals surface area contributed by atoms with Crippen LogP contribution in [-0.2, 0) is 4.79 Å². The molecule has 0 aliphatic rings. The van der Waals surface area contributed by atoms with Crippen molar-refractivity contribution < 1.29 is 9.90 Å². The highest BCUT2D eigenvalue weighted by atomic mass is 16.4. The Morgan fingerprint density at radius 1 is 0.857 bits per heavy atom. The zero-order chi connectivity index (χ0) is 20.5. The molecule has 0 aliphatic carbocycles. The Kier molecular flexibility index (Phi) is 13.7. The number of para-hydroxylation sites is 1. The molecular formula is C23H39N3O2. The number of nitrogens with zero attached hydrogens (tertiary/aromatic N) is 2. The Labute approximate surface area is 171 Å². The van der Waals surface area contributed by atoms with Crippen LogP contribution in [0.15, 0.2) is 35.3 Å². The van der Waals surface area contributed by atoms with Crippen molar-refractivity contribution in [1.82, 2.24) is 0 Å². The fraction of sp³-hybridized carbons (Fsp3) is 0.652. The number of carboxylic acids is 1. The summed E-state index contributed by atoms with van der Waals surface area (Å²) in [5.74, 6) is -0.0936. The fourth-order valence-corrected chi connectivity index (χ4v) is 3.24. The van der Waals surface area contributed by atoms with Crippen molar-refractivity contribution >= 4 is 17.6 Å². The van der Waals surface area contributed by atoms with Gasteiger partial charge in [-0.15, -0.1) is 0 Å². The van der Waals surface area contributed by atoms with Crippen molar-refractivity contribution in [3.05, 3.63) is 30.3 Å². The third-order valence-corrected chi connectivity index (χ3v) is 5.06. The van der Waals surface area contributed by atoms with Crippen LogP contribution in [0.5, 0.6) is 0 Å². The van der Waals surface area contributed by atoms with Gasteiger partial charge in [0.05, 0.1) is 0 Å². The van der Waals surface area contributed by atoms with Gasteiger partial charge in [0.1, 0.15) is 0 Å². The summed E-state index contributed by atoms with van der Waals surface area (Å²) in [6.45, 7) is 0.797. The van der Waals surface area contributed by atoms with E-state index in [-0.39, 0.29) is 0 Å². The quantitative estimate of drug-likeness (QED) is 0.219. The molecule has 0 heterocycles. The first-order chi connectivity index (χ1) is 13.6. The Bertz CT molecular complexity index is 546. The van der Waals surface area contributed by atoms with Gasteiger partial charge in [-0.3, -0.25) is 9.79 Å². The number of hydrogen-bond donors (Lipinski definition) is 2. The largest absolute Gasteiger partial charge is 0.481 e. The summed E-state index contributed by atoms with van der Waals surface area (Å²) in [6.07, 6.45) is 14.8. The summed E-state index contributed by atoms with van der Waals surface area (Å²) >= 11 is 0. The Hall–Kier alpha value is -2.04. The lowest BCUT2D eigenvalue weighted by Gasteiger charge is -2.17. The van der Waals surface area contributed by atoms with Crippen LogP contribution in [0, 0.1) is 0 Å². The molecule has 0 fully saturated rings. The van der Waals surface area contributed by atoms with Crippen LogP contribution in [-0.4, -0.2) is 30.6 Å². The van der Waals surface area contributed by atoms with E-state index in [1.807, 2.05) is 42.3 Å². The number of carboxylic acid groups (broad SMARTS) is 1. The van der Waals surface area contributed by atoms with Crippen LogP contribution >= 0.6 is 0 Å². The monoisotopic (exact) mass is 389 g/mol. The summed E-state index contributed by atoms with van der Waals surface area (Å²) < 4.78 is 0. The van der Waals surface area contributed by atoms with Gasteiger partial charge in [0.25, 0.3) is 0 Å². The molecule has 3 N–H and O–H groups in total. The number of nitrogens with two attached hydrogens (primary N) is 1. The first kappa shape index (κ1) is 24.0. The van der Waals surface area contributed by atoms with E-state index < -0.39 is 5.97 Å². The molecule has 0 spiro atoms. The number of aliphatic imine (C=N–C) groups is 1. The molecule has 5 nitrogen and oxygen atoms in total. The third-order valence-electron chi connectivity index (χ3n) is 5.06. The second-order valence-corrected chi connectivity index (χ2v) is 7.52. The van der Waals surface area contributed by atoms with Gasteiger partial charge in [-0.05, 0) is 25.0 Å². The van der Waals surface area contributed by atoms with Crippen LogP contribution in [0.4, 0.5) is 5.69 Å². The molecule has 0 aromatic heterocycles. The number of guanidine groups is 1. The van der Waals surface area contributed by atoms with Crippen LogP contribution in [0.1, 0.15) is 83.5 Å². The van der Waals surface area contributed by atoms with Crippen LogP contribution < -0.4 is 10.6 Å². The minimum Gasteiger partial charge on any atom is -0.481 e. The lowest BCUT2D eigenvalue weighted by atomic mass is 10.0. The van der Waals surface area contributed by atoms with E-state index in [9.17, 15) is 4.79 Å². The number of carbonyl (C=O) groups is 1. The first-order valence-electron chi connectivity index (χ1n) is 10.9. The normalized spacial score (nSPS) is 11.5. The third kappa shape index (κ3) is 12.4. The summed E-state index contributed by atoms with van der Waals surface area (Å²) in [5.41, 5.74) is 7.12. The van der Waals surface area contributed by atoms with Gasteiger partial charge in [0, 0.05) is 25.7 Å². The number of hydrogen-bond acceptors (Lipinski definition) is 2. The number of anilines is 1. The smallest absolute Gasteiger partial charge is 0.303 e. The second-order valence-electron chi connectivity index (χ2n) is 7.52. The zero-order valence-corrected chi connectivity index (χ0v) is 17.6. The Morgan fingerprint density at radius 3 is 1.82 bits per heavy atom. The number of rotatable bonds is 16. The standard InChI is InChI=1S/C23H39N3O2/c1-26(21-17-13-12-14-18-21)23(24)25-20-16-11-9-7-5-3-2-4-6-8-10-15-19-22(27)28/h12-14,17-18H,2-11,15-16,19-20H2,1H3,(H2,24,25)(H,27,28). The molecular weight excluding hydrogens is 350 g/mol. The maximum atomic E-state index is 10.4. The highest BCUT2D eigenvalue weighted by Gasteiger charge is 2.03. The van der Waals surface area contributed by atoms with E-state index in [1.54, 1.807) is 0 Å². The van der Waals surface area contributed by atoms with Gasteiger partial charge >= 0.3 is 5.97 Å². The highest BCUT2D eigenvalue weighted by molar-refractivity contribution is 5.94. The van der Waals surface area contributed by atoms with Crippen molar-refractivity contribution in [2.45, 2.75) is 83.5 Å². The topological polar surface area (TPSA) is 78.9 Å². The SMILES string of the molecule is CN(C(N)=NCCCCCCCCCCCCCCC(=O)O)c1ccccc1. The molecule has 1 aromatic rings. The molecule has 1 rings (SSSR count). The molecule has 158 valence electrons. The lowest BCUT2D eigenvalue weighted by Crippen LogP contribution is -2.34. The van der Waals surface area contributed by atoms with E-state index in [4.69, 9.17) is 10.8 Å². The van der Waals surface area contributed by atoms with E-state index in [0.717, 1.165) is 31.5 Å². The lowest BCUT2D eigenvalue weighted by molar-refractivity contribution is -0.137. The van der Waals surface area contributed by atoms with Crippen LogP contribution in [0.2, 0.25) is 0 Å². The summed E-state index contributed by atoms with van der Waals surface area (Å²) in [6, 6.07) is 10.1. The molecule has 1 aromatic carbocycles. The van der Waals surface area contributed by atoms with Gasteiger partial charge in [0.2, 0.25) is 0 Å². The molecule has 0 amide bonds. The molecule has 5 heteroatoms. The molecule has 0 unspecified atom stereocenters. The summed E-state index contributed by atoms with van der Waals surface area (Å²) in [7, 11) is 1.95. The maximum absolute atomic E-state index is 10.4. The van der Waals surface area contributed by atoms with Crippen molar-refractivity contribution in [3.63, 3.8) is 0 Å². The molecule has 0 radical (unpaired) electrons.